The van der Waals surface area contributed by atoms with Crippen LogP contribution < -0.4 is 14.4 Å². The van der Waals surface area contributed by atoms with Crippen LogP contribution in [0.15, 0.2) is 53.6 Å². The molecule has 1 saturated heterocycles. The van der Waals surface area contributed by atoms with Crippen LogP contribution in [0.1, 0.15) is 69.7 Å². The third kappa shape index (κ3) is 8.81. The largest absolute Gasteiger partial charge is 0.491 e. The van der Waals surface area contributed by atoms with Crippen molar-refractivity contribution in [2.45, 2.75) is 75.5 Å². The van der Waals surface area contributed by atoms with E-state index in [2.05, 4.69) is 52.7 Å². The first kappa shape index (κ1) is 39.0. The molecule has 2 aliphatic carbocycles. The van der Waals surface area contributed by atoms with Gasteiger partial charge in [-0.15, -0.1) is 11.6 Å². The third-order valence-corrected chi connectivity index (χ3v) is 14.0. The lowest BCUT2D eigenvalue weighted by Crippen LogP contribution is -2.59. The Balaban J connectivity index is 1.36. The lowest BCUT2D eigenvalue weighted by molar-refractivity contribution is -0.139. The lowest BCUT2D eigenvalue weighted by Gasteiger charge is -2.52. The highest BCUT2D eigenvalue weighted by molar-refractivity contribution is 7.84. The number of amides is 1. The number of carboxylic acid groups (broad SMARTS) is 1. The number of methoxy groups -OCH3 is 1. The molecule has 2 fully saturated rings. The van der Waals surface area contributed by atoms with Crippen molar-refractivity contribution < 1.29 is 28.4 Å². The molecule has 52 heavy (non-hydrogen) atoms. The molecule has 1 aromatic rings. The van der Waals surface area contributed by atoms with E-state index in [1.807, 2.05) is 31.1 Å². The summed E-state index contributed by atoms with van der Waals surface area (Å²) in [7, 11) is 0.252. The number of carbonyl (C=O) groups is 2. The number of alkyl halides is 1. The van der Waals surface area contributed by atoms with E-state index in [0.717, 1.165) is 76.3 Å². The van der Waals surface area contributed by atoms with Crippen molar-refractivity contribution >= 4 is 40.2 Å². The first-order valence-electron chi connectivity index (χ1n) is 19.2. The molecule has 3 heterocycles. The summed E-state index contributed by atoms with van der Waals surface area (Å²) < 4.78 is 29.5. The van der Waals surface area contributed by atoms with Crippen LogP contribution in [-0.2, 0) is 20.5 Å². The van der Waals surface area contributed by atoms with Gasteiger partial charge in [0.25, 0.3) is 5.91 Å². The van der Waals surface area contributed by atoms with E-state index >= 15 is 0 Å². The molecule has 10 nitrogen and oxygen atoms in total. The molecule has 2 N–H and O–H groups in total. The summed E-state index contributed by atoms with van der Waals surface area (Å²) in [5, 5.41) is 9.09. The Morgan fingerprint density at radius 3 is 2.62 bits per heavy atom. The monoisotopic (exact) mass is 756 g/mol. The SMILES string of the molecule is CCCC1=C(C2COc3ccc4cc3N(C2)CC2CCC2C(CN2CCN(CC(=O)O)CC2)(OC)/C=C/CC(C)C(C)S(=O)NC4=O)C=CC(Cl)C1. The second kappa shape index (κ2) is 17.2. The first-order valence-corrected chi connectivity index (χ1v) is 20.8. The fraction of sp³-hybridized carbons (Fsp3) is 0.650. The second-order valence-corrected chi connectivity index (χ2v) is 17.7. The van der Waals surface area contributed by atoms with Gasteiger partial charge in [0.2, 0.25) is 0 Å². The zero-order chi connectivity index (χ0) is 37.0. The summed E-state index contributed by atoms with van der Waals surface area (Å²) in [6.45, 7) is 12.0. The molecule has 1 aromatic carbocycles. The van der Waals surface area contributed by atoms with Crippen molar-refractivity contribution in [2.24, 2.45) is 23.7 Å². The third-order valence-electron chi connectivity index (χ3n) is 12.2. The molecule has 286 valence electrons. The van der Waals surface area contributed by atoms with Crippen LogP contribution in [-0.4, -0.2) is 113 Å². The van der Waals surface area contributed by atoms with E-state index < -0.39 is 22.6 Å². The van der Waals surface area contributed by atoms with Gasteiger partial charge in [-0.25, -0.2) is 4.21 Å². The number of allylic oxidation sites excluding steroid dienone is 4. The topological polar surface area (TPSA) is 112 Å². The number of carbonyl (C=O) groups excluding carboxylic acids is 1. The number of hydrogen-bond acceptors (Lipinski definition) is 8. The quantitative estimate of drug-likeness (QED) is 0.257. The number of hydrogen-bond donors (Lipinski definition) is 2. The summed E-state index contributed by atoms with van der Waals surface area (Å²) in [4.78, 5) is 31.8. The molecule has 0 aromatic heterocycles. The van der Waals surface area contributed by atoms with Gasteiger partial charge in [0.15, 0.2) is 0 Å². The van der Waals surface area contributed by atoms with Crippen LogP contribution in [0, 0.1) is 23.7 Å². The maximum atomic E-state index is 13.6. The number of piperazine rings is 1. The molecule has 8 unspecified atom stereocenters. The van der Waals surface area contributed by atoms with E-state index in [0.29, 0.717) is 37.6 Å². The molecule has 5 aliphatic rings. The number of carboxylic acids is 1. The van der Waals surface area contributed by atoms with Gasteiger partial charge in [-0.2, -0.15) is 0 Å². The predicted octanol–water partition coefficient (Wildman–Crippen LogP) is 5.66. The Labute approximate surface area is 317 Å². The van der Waals surface area contributed by atoms with Gasteiger partial charge in [-0.3, -0.25) is 24.1 Å². The van der Waals surface area contributed by atoms with E-state index in [9.17, 15) is 18.9 Å². The van der Waals surface area contributed by atoms with Crippen molar-refractivity contribution in [1.82, 2.24) is 14.5 Å². The van der Waals surface area contributed by atoms with Gasteiger partial charge in [-0.1, -0.05) is 50.1 Å². The van der Waals surface area contributed by atoms with Crippen molar-refractivity contribution in [1.29, 1.82) is 0 Å². The number of nitrogens with zero attached hydrogens (tertiary/aromatic N) is 3. The number of anilines is 1. The summed E-state index contributed by atoms with van der Waals surface area (Å²) in [6, 6.07) is 5.60. The summed E-state index contributed by atoms with van der Waals surface area (Å²) in [5.41, 5.74) is 3.53. The molecule has 0 radical (unpaired) electrons. The van der Waals surface area contributed by atoms with Crippen LogP contribution >= 0.6 is 11.6 Å². The van der Waals surface area contributed by atoms with Gasteiger partial charge in [0, 0.05) is 64.4 Å². The van der Waals surface area contributed by atoms with Gasteiger partial charge in [0.05, 0.1) is 29.5 Å². The predicted molar refractivity (Wildman–Crippen MR) is 207 cm³/mol. The van der Waals surface area contributed by atoms with Crippen LogP contribution in [0.25, 0.3) is 0 Å². The fourth-order valence-electron chi connectivity index (χ4n) is 8.78. The highest BCUT2D eigenvalue weighted by Crippen LogP contribution is 2.47. The Morgan fingerprint density at radius 1 is 1.15 bits per heavy atom. The Morgan fingerprint density at radius 2 is 1.92 bits per heavy atom. The number of benzene rings is 1. The highest BCUT2D eigenvalue weighted by Gasteiger charge is 2.48. The zero-order valence-electron chi connectivity index (χ0n) is 31.2. The van der Waals surface area contributed by atoms with E-state index in [1.165, 1.54) is 11.1 Å². The average Bonchev–Trinajstić information content (AvgIpc) is 3.29. The minimum atomic E-state index is -1.58. The van der Waals surface area contributed by atoms with Crippen LogP contribution in [0.2, 0.25) is 0 Å². The second-order valence-electron chi connectivity index (χ2n) is 15.6. The standard InChI is InChI=1S/C40H57ClN4O6S/c1-5-7-29-20-33(41)11-12-34(29)32-23-45-22-31-9-13-35(31)40(50-4,26-44-18-16-43(17-19-44)24-38(46)47)15-6-8-27(2)28(3)52(49)42-39(48)30-10-14-37(51-25-32)36(45)21-30/h6,10-12,14-15,21,27-28,31-33,35H,5,7-9,13,16-20,22-26H2,1-4H3,(H,42,48)(H,46,47)/b15-6+. The smallest absolute Gasteiger partial charge is 0.317 e. The summed E-state index contributed by atoms with van der Waals surface area (Å²) in [6.07, 6.45) is 14.5. The maximum absolute atomic E-state index is 13.6. The number of rotatable bonds is 8. The van der Waals surface area contributed by atoms with Gasteiger partial charge in [-0.05, 0) is 80.6 Å². The van der Waals surface area contributed by atoms with Crippen molar-refractivity contribution in [2.75, 3.05) is 71.0 Å². The molecule has 3 aliphatic heterocycles. The van der Waals surface area contributed by atoms with Gasteiger partial charge >= 0.3 is 5.97 Å². The van der Waals surface area contributed by atoms with Crippen LogP contribution in [0.4, 0.5) is 5.69 Å². The highest BCUT2D eigenvalue weighted by atomic mass is 35.5. The van der Waals surface area contributed by atoms with Crippen molar-refractivity contribution in [3.05, 3.63) is 59.2 Å². The summed E-state index contributed by atoms with van der Waals surface area (Å²) in [5.74, 6) is 0.377. The number of ether oxygens (including phenoxy) is 2. The minimum absolute atomic E-state index is 0.000526. The minimum Gasteiger partial charge on any atom is -0.491 e. The number of nitrogens with one attached hydrogen (secondary N) is 1. The van der Waals surface area contributed by atoms with Crippen LogP contribution in [0.5, 0.6) is 5.75 Å². The number of aliphatic carboxylic acids is 1. The van der Waals surface area contributed by atoms with Gasteiger partial charge in [0.1, 0.15) is 22.3 Å². The zero-order valence-corrected chi connectivity index (χ0v) is 32.8. The molecule has 0 spiro atoms. The lowest BCUT2D eigenvalue weighted by atomic mass is 9.63. The summed E-state index contributed by atoms with van der Waals surface area (Å²) >= 11 is 6.62. The maximum Gasteiger partial charge on any atom is 0.317 e. The molecule has 2 bridgehead atoms. The van der Waals surface area contributed by atoms with Crippen molar-refractivity contribution in [3.63, 3.8) is 0 Å². The Bertz CT molecular complexity index is 1580. The first-order chi connectivity index (χ1) is 25.0. The Hall–Kier alpha value is -2.70. The van der Waals surface area contributed by atoms with Crippen LogP contribution in [0.3, 0.4) is 0 Å². The molecule has 1 amide bonds. The van der Waals surface area contributed by atoms with E-state index in [1.54, 1.807) is 6.07 Å². The normalized spacial score (nSPS) is 34.1. The van der Waals surface area contributed by atoms with Gasteiger partial charge < -0.3 is 19.5 Å². The molecule has 1 saturated carbocycles. The van der Waals surface area contributed by atoms with E-state index in [4.69, 9.17) is 21.1 Å². The Kier molecular flexibility index (Phi) is 12.9. The molecule has 8 atom stereocenters. The molecule has 12 heteroatoms. The number of fused-ring (bicyclic) bond motifs is 2. The molecule has 6 rings (SSSR count). The average molecular weight is 757 g/mol. The fourth-order valence-corrected chi connectivity index (χ4v) is 10.1. The molecular weight excluding hydrogens is 700 g/mol. The van der Waals surface area contributed by atoms with E-state index in [-0.39, 0.29) is 40.8 Å². The number of halogens is 1. The van der Waals surface area contributed by atoms with Crippen molar-refractivity contribution in [3.8, 4) is 5.75 Å². The molecular formula is C40H57ClN4O6S.